The van der Waals surface area contributed by atoms with E-state index in [0.717, 1.165) is 44.7 Å². The number of alkyl halides is 3. The van der Waals surface area contributed by atoms with Crippen molar-refractivity contribution >= 4 is 28.5 Å². The van der Waals surface area contributed by atoms with Crippen LogP contribution >= 0.6 is 0 Å². The number of carbonyl (C=O) groups excluding carboxylic acids is 1. The van der Waals surface area contributed by atoms with Crippen molar-refractivity contribution in [3.05, 3.63) is 96.8 Å². The first-order valence-electron chi connectivity index (χ1n) is 14.0. The predicted molar refractivity (Wildman–Crippen MR) is 161 cm³/mol. The van der Waals surface area contributed by atoms with E-state index in [2.05, 4.69) is 104 Å². The fourth-order valence-corrected chi connectivity index (χ4v) is 4.72. The van der Waals surface area contributed by atoms with E-state index in [1.807, 2.05) is 12.4 Å². The van der Waals surface area contributed by atoms with Crippen LogP contribution in [-0.4, -0.2) is 72.4 Å². The molecule has 1 saturated heterocycles. The summed E-state index contributed by atoms with van der Waals surface area (Å²) in [5, 5.41) is 15.6. The van der Waals surface area contributed by atoms with E-state index in [-0.39, 0.29) is 6.03 Å². The standard InChI is InChI=1S/C30H33N5O.C2HF3O2/c36-30(32-14-3-17-34-18-20-35(21-19-34)29-12-15-31-16-13-29)33-23-24-6-8-26(9-7-24)28-11-10-25-4-1-2-5-27(25)22-28;3-2(4,5)1(6)7/h1-2,4-13,15-16,22H,3,14,17-21,23H2,(H2,32,33,36);(H,6,7). The molecule has 2 amide bonds. The van der Waals surface area contributed by atoms with Gasteiger partial charge in [-0.1, -0.05) is 60.7 Å². The topological polar surface area (TPSA) is 97.8 Å². The molecule has 0 spiro atoms. The highest BCUT2D eigenvalue weighted by atomic mass is 19.4. The number of urea groups is 1. The van der Waals surface area contributed by atoms with Gasteiger partial charge in [-0.25, -0.2) is 9.59 Å². The summed E-state index contributed by atoms with van der Waals surface area (Å²) in [4.78, 5) is 30.1. The van der Waals surface area contributed by atoms with Crippen LogP contribution in [0.15, 0.2) is 91.3 Å². The monoisotopic (exact) mass is 593 g/mol. The van der Waals surface area contributed by atoms with E-state index in [9.17, 15) is 18.0 Å². The van der Waals surface area contributed by atoms with Crippen LogP contribution < -0.4 is 15.5 Å². The van der Waals surface area contributed by atoms with E-state index in [4.69, 9.17) is 9.90 Å². The number of carboxylic acids is 1. The van der Waals surface area contributed by atoms with Gasteiger partial charge in [0.05, 0.1) is 0 Å². The second-order valence-electron chi connectivity index (χ2n) is 10.1. The van der Waals surface area contributed by atoms with Gasteiger partial charge >= 0.3 is 18.2 Å². The van der Waals surface area contributed by atoms with Gasteiger partial charge in [0, 0.05) is 57.3 Å². The van der Waals surface area contributed by atoms with Crippen LogP contribution in [0.1, 0.15) is 12.0 Å². The Labute approximate surface area is 248 Å². The molecule has 0 aliphatic carbocycles. The number of amides is 2. The van der Waals surface area contributed by atoms with Crippen molar-refractivity contribution in [2.45, 2.75) is 19.1 Å². The number of hydrogen-bond acceptors (Lipinski definition) is 5. The molecule has 43 heavy (non-hydrogen) atoms. The van der Waals surface area contributed by atoms with Crippen LogP contribution in [0, 0.1) is 0 Å². The van der Waals surface area contributed by atoms with Crippen LogP contribution in [0.25, 0.3) is 21.9 Å². The predicted octanol–water partition coefficient (Wildman–Crippen LogP) is 5.55. The van der Waals surface area contributed by atoms with Crippen molar-refractivity contribution < 1.29 is 27.9 Å². The van der Waals surface area contributed by atoms with Gasteiger partial charge in [0.25, 0.3) is 0 Å². The van der Waals surface area contributed by atoms with Crippen LogP contribution in [0.3, 0.4) is 0 Å². The molecule has 1 aliphatic rings. The number of halogens is 3. The molecule has 0 unspecified atom stereocenters. The Hall–Kier alpha value is -4.64. The number of pyridine rings is 1. The minimum absolute atomic E-state index is 0.115. The molecule has 5 rings (SSSR count). The maximum absolute atomic E-state index is 12.2. The van der Waals surface area contributed by atoms with Crippen LogP contribution in [0.5, 0.6) is 0 Å². The summed E-state index contributed by atoms with van der Waals surface area (Å²) in [5.41, 5.74) is 4.70. The molecule has 3 N–H and O–H groups in total. The number of carboxylic acid groups (broad SMARTS) is 1. The van der Waals surface area contributed by atoms with Gasteiger partial charge in [-0.3, -0.25) is 9.88 Å². The lowest BCUT2D eigenvalue weighted by atomic mass is 10.0. The fourth-order valence-electron chi connectivity index (χ4n) is 4.72. The summed E-state index contributed by atoms with van der Waals surface area (Å²) in [7, 11) is 0. The third-order valence-electron chi connectivity index (χ3n) is 7.07. The number of aliphatic carboxylic acids is 1. The molecule has 226 valence electrons. The van der Waals surface area contributed by atoms with E-state index in [1.165, 1.54) is 27.6 Å². The molecule has 0 bridgehead atoms. The summed E-state index contributed by atoms with van der Waals surface area (Å²) < 4.78 is 31.7. The third-order valence-corrected chi connectivity index (χ3v) is 7.07. The molecule has 1 aromatic heterocycles. The van der Waals surface area contributed by atoms with Gasteiger partial charge in [0.15, 0.2) is 0 Å². The van der Waals surface area contributed by atoms with Gasteiger partial charge in [-0.05, 0) is 58.6 Å². The normalized spacial score (nSPS) is 13.6. The number of nitrogens with one attached hydrogen (secondary N) is 2. The lowest BCUT2D eigenvalue weighted by molar-refractivity contribution is -0.192. The zero-order valence-corrected chi connectivity index (χ0v) is 23.6. The Balaban J connectivity index is 0.000000541. The van der Waals surface area contributed by atoms with Gasteiger partial charge in [-0.15, -0.1) is 0 Å². The first-order chi connectivity index (χ1) is 20.7. The maximum Gasteiger partial charge on any atom is 0.490 e. The summed E-state index contributed by atoms with van der Waals surface area (Å²) in [5.74, 6) is -2.76. The van der Waals surface area contributed by atoms with Gasteiger partial charge in [0.2, 0.25) is 0 Å². The second kappa shape index (κ2) is 15.0. The Morgan fingerprint density at radius 2 is 1.44 bits per heavy atom. The molecule has 1 aliphatic heterocycles. The van der Waals surface area contributed by atoms with E-state index < -0.39 is 12.1 Å². The minimum Gasteiger partial charge on any atom is -0.475 e. The van der Waals surface area contributed by atoms with Crippen LogP contribution in [-0.2, 0) is 11.3 Å². The van der Waals surface area contributed by atoms with Crippen LogP contribution in [0.4, 0.5) is 23.7 Å². The molecule has 0 atom stereocenters. The number of rotatable bonds is 8. The largest absolute Gasteiger partial charge is 0.490 e. The number of piperazine rings is 1. The van der Waals surface area contributed by atoms with E-state index in [0.29, 0.717) is 13.1 Å². The van der Waals surface area contributed by atoms with E-state index in [1.54, 1.807) is 0 Å². The molecule has 8 nitrogen and oxygen atoms in total. The first kappa shape index (κ1) is 31.3. The molecule has 1 fully saturated rings. The highest BCUT2D eigenvalue weighted by Crippen LogP contribution is 2.25. The zero-order chi connectivity index (χ0) is 30.7. The summed E-state index contributed by atoms with van der Waals surface area (Å²) in [6, 6.07) is 27.3. The molecule has 2 heterocycles. The summed E-state index contributed by atoms with van der Waals surface area (Å²) in [6.07, 6.45) is -0.442. The Morgan fingerprint density at radius 1 is 0.814 bits per heavy atom. The lowest BCUT2D eigenvalue weighted by Crippen LogP contribution is -2.47. The van der Waals surface area contributed by atoms with E-state index >= 15 is 0 Å². The zero-order valence-electron chi connectivity index (χ0n) is 23.6. The number of carbonyl (C=O) groups is 2. The Bertz CT molecular complexity index is 1480. The number of fused-ring (bicyclic) bond motifs is 1. The Kier molecular flexibility index (Phi) is 10.9. The average molecular weight is 594 g/mol. The summed E-state index contributed by atoms with van der Waals surface area (Å²) >= 11 is 0. The molecule has 0 radical (unpaired) electrons. The number of benzene rings is 3. The number of anilines is 1. The summed E-state index contributed by atoms with van der Waals surface area (Å²) in [6.45, 7) is 6.33. The van der Waals surface area contributed by atoms with Crippen molar-refractivity contribution in [1.29, 1.82) is 0 Å². The average Bonchev–Trinajstić information content (AvgIpc) is 3.03. The minimum atomic E-state index is -5.08. The number of hydrogen-bond donors (Lipinski definition) is 3. The smallest absolute Gasteiger partial charge is 0.475 e. The molecular formula is C32H34F3N5O3. The SMILES string of the molecule is O=C(NCCCN1CCN(c2ccncc2)CC1)NCc1ccc(-c2ccc3ccccc3c2)cc1.O=C(O)C(F)(F)F. The number of nitrogens with zero attached hydrogens (tertiary/aromatic N) is 3. The fraction of sp³-hybridized carbons (Fsp3) is 0.281. The Morgan fingerprint density at radius 3 is 2.09 bits per heavy atom. The molecular weight excluding hydrogens is 559 g/mol. The highest BCUT2D eigenvalue weighted by molar-refractivity contribution is 5.87. The van der Waals surface area contributed by atoms with Crippen molar-refractivity contribution in [2.24, 2.45) is 0 Å². The van der Waals surface area contributed by atoms with Crippen molar-refractivity contribution in [3.63, 3.8) is 0 Å². The molecule has 0 saturated carbocycles. The third kappa shape index (κ3) is 9.71. The van der Waals surface area contributed by atoms with Crippen molar-refractivity contribution in [1.82, 2.24) is 20.5 Å². The van der Waals surface area contributed by atoms with Crippen molar-refractivity contribution in [2.75, 3.05) is 44.2 Å². The highest BCUT2D eigenvalue weighted by Gasteiger charge is 2.38. The first-order valence-corrected chi connectivity index (χ1v) is 14.0. The number of aromatic nitrogens is 1. The molecule has 3 aromatic carbocycles. The van der Waals surface area contributed by atoms with Gasteiger partial charge < -0.3 is 20.6 Å². The molecule has 4 aromatic rings. The lowest BCUT2D eigenvalue weighted by Gasteiger charge is -2.36. The van der Waals surface area contributed by atoms with Crippen molar-refractivity contribution in [3.8, 4) is 11.1 Å². The quantitative estimate of drug-likeness (QED) is 0.232. The maximum atomic E-state index is 12.2. The second-order valence-corrected chi connectivity index (χ2v) is 10.1. The van der Waals surface area contributed by atoms with Gasteiger partial charge in [-0.2, -0.15) is 13.2 Å². The van der Waals surface area contributed by atoms with Gasteiger partial charge in [0.1, 0.15) is 0 Å². The van der Waals surface area contributed by atoms with Crippen LogP contribution in [0.2, 0.25) is 0 Å². The molecule has 11 heteroatoms.